The third-order valence-electron chi connectivity index (χ3n) is 4.27. The lowest BCUT2D eigenvalue weighted by atomic mass is 9.85. The average molecular weight is 294 g/mol. The molecule has 1 aromatic rings. The average Bonchev–Trinajstić information content (AvgIpc) is 2.53. The van der Waals surface area contributed by atoms with Crippen molar-refractivity contribution in [1.29, 1.82) is 0 Å². The van der Waals surface area contributed by atoms with Crippen LogP contribution < -0.4 is 5.73 Å². The van der Waals surface area contributed by atoms with Gasteiger partial charge in [0.25, 0.3) is 0 Å². The molecule has 0 amide bonds. The van der Waals surface area contributed by atoms with Crippen molar-refractivity contribution in [3.63, 3.8) is 0 Å². The summed E-state index contributed by atoms with van der Waals surface area (Å²) in [4.78, 5) is 0. The smallest absolute Gasteiger partial charge is 0.170 e. The Morgan fingerprint density at radius 2 is 2.19 bits per heavy atom. The SMILES string of the molecule is CCC1CCCCC1OCc1ccc(/C(N)=N/O)cc1F. The molecule has 0 heterocycles. The molecule has 0 aromatic heterocycles. The molecule has 116 valence electrons. The molecule has 2 atom stereocenters. The molecule has 1 aliphatic carbocycles. The number of hydrogen-bond donors (Lipinski definition) is 2. The molecule has 1 saturated carbocycles. The molecule has 0 aliphatic heterocycles. The fourth-order valence-electron chi connectivity index (χ4n) is 2.94. The van der Waals surface area contributed by atoms with E-state index in [9.17, 15) is 4.39 Å². The topological polar surface area (TPSA) is 67.8 Å². The van der Waals surface area contributed by atoms with E-state index < -0.39 is 0 Å². The van der Waals surface area contributed by atoms with Gasteiger partial charge in [-0.2, -0.15) is 0 Å². The van der Waals surface area contributed by atoms with Crippen LogP contribution in [0.5, 0.6) is 0 Å². The number of halogens is 1. The molecule has 0 radical (unpaired) electrons. The largest absolute Gasteiger partial charge is 0.409 e. The van der Waals surface area contributed by atoms with Gasteiger partial charge < -0.3 is 15.7 Å². The molecule has 1 aromatic carbocycles. The molecule has 1 fully saturated rings. The summed E-state index contributed by atoms with van der Waals surface area (Å²) >= 11 is 0. The van der Waals surface area contributed by atoms with E-state index in [-0.39, 0.29) is 24.4 Å². The van der Waals surface area contributed by atoms with Gasteiger partial charge in [-0.05, 0) is 24.8 Å². The van der Waals surface area contributed by atoms with Crippen LogP contribution in [-0.2, 0) is 11.3 Å². The summed E-state index contributed by atoms with van der Waals surface area (Å²) in [7, 11) is 0. The minimum absolute atomic E-state index is 0.0975. The molecule has 0 spiro atoms. The van der Waals surface area contributed by atoms with Gasteiger partial charge >= 0.3 is 0 Å². The van der Waals surface area contributed by atoms with E-state index in [4.69, 9.17) is 15.7 Å². The lowest BCUT2D eigenvalue weighted by Crippen LogP contribution is -2.27. The minimum Gasteiger partial charge on any atom is -0.409 e. The van der Waals surface area contributed by atoms with Crippen LogP contribution in [0.25, 0.3) is 0 Å². The Labute approximate surface area is 124 Å². The summed E-state index contributed by atoms with van der Waals surface area (Å²) in [6, 6.07) is 4.54. The van der Waals surface area contributed by atoms with E-state index in [0.29, 0.717) is 17.0 Å². The number of amidine groups is 1. The number of nitrogens with two attached hydrogens (primary N) is 1. The molecule has 3 N–H and O–H groups in total. The highest BCUT2D eigenvalue weighted by Gasteiger charge is 2.24. The lowest BCUT2D eigenvalue weighted by Gasteiger charge is -2.30. The predicted molar refractivity (Wildman–Crippen MR) is 79.7 cm³/mol. The second-order valence-corrected chi connectivity index (χ2v) is 5.59. The molecule has 4 nitrogen and oxygen atoms in total. The summed E-state index contributed by atoms with van der Waals surface area (Å²) in [5.41, 5.74) is 6.31. The van der Waals surface area contributed by atoms with Gasteiger partial charge in [-0.3, -0.25) is 0 Å². The van der Waals surface area contributed by atoms with Gasteiger partial charge in [0.2, 0.25) is 0 Å². The van der Waals surface area contributed by atoms with E-state index in [1.54, 1.807) is 12.1 Å². The van der Waals surface area contributed by atoms with Gasteiger partial charge in [-0.1, -0.05) is 43.5 Å². The number of hydrogen-bond acceptors (Lipinski definition) is 3. The molecule has 2 unspecified atom stereocenters. The highest BCUT2D eigenvalue weighted by Crippen LogP contribution is 2.30. The Kier molecular flexibility index (Phi) is 5.56. The number of nitrogens with zero attached hydrogens (tertiary/aromatic N) is 1. The van der Waals surface area contributed by atoms with Crippen molar-refractivity contribution in [3.05, 3.63) is 35.1 Å². The summed E-state index contributed by atoms with van der Waals surface area (Å²) in [6.07, 6.45) is 6.05. The van der Waals surface area contributed by atoms with Gasteiger partial charge in [-0.15, -0.1) is 0 Å². The van der Waals surface area contributed by atoms with Crippen LogP contribution in [0.1, 0.15) is 50.2 Å². The number of benzene rings is 1. The zero-order chi connectivity index (χ0) is 15.2. The van der Waals surface area contributed by atoms with Gasteiger partial charge in [-0.25, -0.2) is 4.39 Å². The summed E-state index contributed by atoms with van der Waals surface area (Å²) in [5, 5.41) is 11.5. The Morgan fingerprint density at radius 1 is 1.43 bits per heavy atom. The molecule has 5 heteroatoms. The van der Waals surface area contributed by atoms with Gasteiger partial charge in [0.05, 0.1) is 12.7 Å². The van der Waals surface area contributed by atoms with E-state index in [1.165, 1.54) is 25.3 Å². The maximum Gasteiger partial charge on any atom is 0.170 e. The summed E-state index contributed by atoms with van der Waals surface area (Å²) in [5.74, 6) is 0.0981. The fraction of sp³-hybridized carbons (Fsp3) is 0.562. The standard InChI is InChI=1S/C16H23FN2O2/c1-2-11-5-3-4-6-15(11)21-10-13-8-7-12(9-14(13)17)16(18)19-20/h7-9,11,15,20H,2-6,10H2,1H3,(H2,18,19). The van der Waals surface area contributed by atoms with Gasteiger partial charge in [0, 0.05) is 11.1 Å². The van der Waals surface area contributed by atoms with Crippen LogP contribution in [0.15, 0.2) is 23.4 Å². The van der Waals surface area contributed by atoms with Crippen molar-refractivity contribution in [2.24, 2.45) is 16.8 Å². The molecular weight excluding hydrogens is 271 g/mol. The number of ether oxygens (including phenoxy) is 1. The normalized spacial score (nSPS) is 23.2. The Hall–Kier alpha value is -1.62. The van der Waals surface area contributed by atoms with Crippen LogP contribution in [0.3, 0.4) is 0 Å². The first-order chi connectivity index (χ1) is 10.2. The predicted octanol–water partition coefficient (Wildman–Crippen LogP) is 3.41. The molecule has 1 aliphatic rings. The van der Waals surface area contributed by atoms with Crippen LogP contribution in [0.4, 0.5) is 4.39 Å². The van der Waals surface area contributed by atoms with Crippen molar-refractivity contribution in [3.8, 4) is 0 Å². The second-order valence-electron chi connectivity index (χ2n) is 5.59. The highest BCUT2D eigenvalue weighted by atomic mass is 19.1. The minimum atomic E-state index is -0.386. The molecule has 0 saturated heterocycles. The van der Waals surface area contributed by atoms with E-state index in [2.05, 4.69) is 12.1 Å². The Bertz CT molecular complexity index is 505. The maximum absolute atomic E-state index is 14.0. The summed E-state index contributed by atoms with van der Waals surface area (Å²) < 4.78 is 19.9. The van der Waals surface area contributed by atoms with Gasteiger partial charge in [0.1, 0.15) is 5.82 Å². The molecule has 21 heavy (non-hydrogen) atoms. The van der Waals surface area contributed by atoms with Crippen LogP contribution in [0, 0.1) is 11.7 Å². The first kappa shape index (κ1) is 15.8. The fourth-order valence-corrected chi connectivity index (χ4v) is 2.94. The lowest BCUT2D eigenvalue weighted by molar-refractivity contribution is -0.0231. The third kappa shape index (κ3) is 3.94. The van der Waals surface area contributed by atoms with Crippen molar-refractivity contribution in [2.75, 3.05) is 0 Å². The van der Waals surface area contributed by atoms with Crippen LogP contribution in [-0.4, -0.2) is 17.1 Å². The van der Waals surface area contributed by atoms with Crippen molar-refractivity contribution < 1.29 is 14.3 Å². The van der Waals surface area contributed by atoms with Crippen LogP contribution in [0.2, 0.25) is 0 Å². The maximum atomic E-state index is 14.0. The first-order valence-electron chi connectivity index (χ1n) is 7.53. The third-order valence-corrected chi connectivity index (χ3v) is 4.27. The monoisotopic (exact) mass is 294 g/mol. The van der Waals surface area contributed by atoms with Crippen molar-refractivity contribution in [1.82, 2.24) is 0 Å². The Balaban J connectivity index is 2.00. The molecule has 0 bridgehead atoms. The number of rotatable bonds is 5. The summed E-state index contributed by atoms with van der Waals surface area (Å²) in [6.45, 7) is 2.45. The van der Waals surface area contributed by atoms with Crippen LogP contribution >= 0.6 is 0 Å². The zero-order valence-corrected chi connectivity index (χ0v) is 12.4. The number of oxime groups is 1. The van der Waals surface area contributed by atoms with E-state index in [0.717, 1.165) is 12.8 Å². The Morgan fingerprint density at radius 3 is 2.86 bits per heavy atom. The second kappa shape index (κ2) is 7.41. The molecular formula is C16H23FN2O2. The van der Waals surface area contributed by atoms with E-state index >= 15 is 0 Å². The van der Waals surface area contributed by atoms with Gasteiger partial charge in [0.15, 0.2) is 5.84 Å². The van der Waals surface area contributed by atoms with Crippen molar-refractivity contribution in [2.45, 2.75) is 51.7 Å². The first-order valence-corrected chi connectivity index (χ1v) is 7.53. The quantitative estimate of drug-likeness (QED) is 0.378. The highest BCUT2D eigenvalue weighted by molar-refractivity contribution is 5.97. The van der Waals surface area contributed by atoms with Crippen molar-refractivity contribution >= 4 is 5.84 Å². The van der Waals surface area contributed by atoms with E-state index in [1.807, 2.05) is 0 Å². The zero-order valence-electron chi connectivity index (χ0n) is 12.4. The molecule has 2 rings (SSSR count).